The summed E-state index contributed by atoms with van der Waals surface area (Å²) in [6.07, 6.45) is 4.60. The summed E-state index contributed by atoms with van der Waals surface area (Å²) in [5, 5.41) is 7.64. The van der Waals surface area contributed by atoms with Crippen molar-refractivity contribution in [1.29, 1.82) is 0 Å². The topological polar surface area (TPSA) is 46.9 Å². The maximum absolute atomic E-state index is 12.5. The Morgan fingerprint density at radius 3 is 2.90 bits per heavy atom. The Morgan fingerprint density at radius 2 is 2.15 bits per heavy atom. The first-order valence-electron chi connectivity index (χ1n) is 7.18. The molecule has 0 bridgehead atoms. The molecule has 104 valence electrons. The van der Waals surface area contributed by atoms with E-state index in [1.807, 2.05) is 36.4 Å². The van der Waals surface area contributed by atoms with Gasteiger partial charge in [0.2, 0.25) is 0 Å². The van der Waals surface area contributed by atoms with Gasteiger partial charge in [0.15, 0.2) is 5.78 Å². The van der Waals surface area contributed by atoms with Crippen molar-refractivity contribution in [2.45, 2.75) is 19.3 Å². The Bertz CT molecular complexity index is 570. The van der Waals surface area contributed by atoms with Gasteiger partial charge >= 0.3 is 0 Å². The van der Waals surface area contributed by atoms with Crippen molar-refractivity contribution < 1.29 is 4.79 Å². The van der Waals surface area contributed by atoms with Gasteiger partial charge in [-0.1, -0.05) is 18.2 Å². The lowest BCUT2D eigenvalue weighted by Crippen LogP contribution is -2.31. The molecule has 0 amide bonds. The largest absolute Gasteiger partial charge is 0.316 e. The highest BCUT2D eigenvalue weighted by atomic mass is 16.1. The number of nitrogens with one attached hydrogen (secondary N) is 1. The molecule has 1 aromatic heterocycles. The van der Waals surface area contributed by atoms with E-state index in [1.54, 1.807) is 10.9 Å². The van der Waals surface area contributed by atoms with Crippen LogP contribution in [0.15, 0.2) is 42.6 Å². The van der Waals surface area contributed by atoms with Crippen molar-refractivity contribution in [3.8, 4) is 5.69 Å². The molecule has 0 saturated carbocycles. The van der Waals surface area contributed by atoms with Crippen LogP contribution >= 0.6 is 0 Å². The summed E-state index contributed by atoms with van der Waals surface area (Å²) in [6, 6.07) is 11.6. The summed E-state index contributed by atoms with van der Waals surface area (Å²) in [5.41, 5.74) is 1.62. The molecule has 0 aliphatic carbocycles. The molecule has 4 heteroatoms. The number of para-hydroxylation sites is 1. The highest BCUT2D eigenvalue weighted by molar-refractivity contribution is 5.95. The van der Waals surface area contributed by atoms with Crippen LogP contribution in [0.2, 0.25) is 0 Å². The fraction of sp³-hybridized carbons (Fsp3) is 0.375. The molecule has 0 radical (unpaired) electrons. The van der Waals surface area contributed by atoms with Crippen molar-refractivity contribution in [2.75, 3.05) is 13.1 Å². The molecule has 1 saturated heterocycles. The second-order valence-corrected chi connectivity index (χ2v) is 5.30. The molecule has 1 aliphatic rings. The van der Waals surface area contributed by atoms with Crippen LogP contribution < -0.4 is 5.32 Å². The quantitative estimate of drug-likeness (QED) is 0.867. The van der Waals surface area contributed by atoms with Crippen LogP contribution in [-0.4, -0.2) is 28.7 Å². The van der Waals surface area contributed by atoms with E-state index in [1.165, 1.54) is 0 Å². The summed E-state index contributed by atoms with van der Waals surface area (Å²) in [7, 11) is 0. The maximum Gasteiger partial charge on any atom is 0.181 e. The van der Waals surface area contributed by atoms with E-state index in [-0.39, 0.29) is 5.78 Å². The molecule has 3 rings (SSSR count). The summed E-state index contributed by atoms with van der Waals surface area (Å²) in [6.45, 7) is 2.03. The molecule has 0 spiro atoms. The van der Waals surface area contributed by atoms with Gasteiger partial charge in [-0.15, -0.1) is 0 Å². The maximum atomic E-state index is 12.5. The second-order valence-electron chi connectivity index (χ2n) is 5.30. The van der Waals surface area contributed by atoms with Gasteiger partial charge in [0.25, 0.3) is 0 Å². The highest BCUT2D eigenvalue weighted by Gasteiger charge is 2.20. The second kappa shape index (κ2) is 6.01. The summed E-state index contributed by atoms with van der Waals surface area (Å²) < 4.78 is 1.73. The fourth-order valence-corrected chi connectivity index (χ4v) is 2.75. The van der Waals surface area contributed by atoms with Gasteiger partial charge in [-0.2, -0.15) is 5.10 Å². The smallest absolute Gasteiger partial charge is 0.181 e. The number of piperidine rings is 1. The van der Waals surface area contributed by atoms with Gasteiger partial charge in [0.05, 0.1) is 11.9 Å². The predicted octanol–water partition coefficient (Wildman–Crippen LogP) is 2.44. The molecule has 1 aromatic carbocycles. The molecule has 1 atom stereocenters. The van der Waals surface area contributed by atoms with Crippen molar-refractivity contribution >= 4 is 5.78 Å². The zero-order valence-corrected chi connectivity index (χ0v) is 11.5. The normalized spacial score (nSPS) is 18.9. The number of carbonyl (C=O) groups excluding carboxylic acids is 1. The van der Waals surface area contributed by atoms with E-state index in [0.29, 0.717) is 18.0 Å². The molecule has 2 heterocycles. The van der Waals surface area contributed by atoms with Crippen LogP contribution in [0.25, 0.3) is 5.69 Å². The van der Waals surface area contributed by atoms with Crippen LogP contribution in [-0.2, 0) is 0 Å². The first kappa shape index (κ1) is 13.1. The fourth-order valence-electron chi connectivity index (χ4n) is 2.75. The molecule has 1 aliphatic heterocycles. The van der Waals surface area contributed by atoms with E-state index in [2.05, 4.69) is 10.4 Å². The van der Waals surface area contributed by atoms with E-state index in [4.69, 9.17) is 0 Å². The third kappa shape index (κ3) is 2.80. The summed E-state index contributed by atoms with van der Waals surface area (Å²) in [4.78, 5) is 12.5. The standard InChI is InChI=1S/C16H19N3O/c20-16(11-13-5-4-9-17-12-13)15-8-10-18-19(15)14-6-2-1-3-7-14/h1-3,6-8,10,13,17H,4-5,9,11-12H2. The molecule has 1 N–H and O–H groups in total. The number of hydrogen-bond acceptors (Lipinski definition) is 3. The number of carbonyl (C=O) groups is 1. The lowest BCUT2D eigenvalue weighted by molar-refractivity contribution is 0.0946. The Morgan fingerprint density at radius 1 is 1.30 bits per heavy atom. The van der Waals surface area contributed by atoms with Crippen LogP contribution in [0.3, 0.4) is 0 Å². The monoisotopic (exact) mass is 269 g/mol. The minimum Gasteiger partial charge on any atom is -0.316 e. The predicted molar refractivity (Wildman–Crippen MR) is 78.1 cm³/mol. The van der Waals surface area contributed by atoms with Gasteiger partial charge in [0, 0.05) is 6.42 Å². The minimum atomic E-state index is 0.181. The van der Waals surface area contributed by atoms with Crippen molar-refractivity contribution in [3.05, 3.63) is 48.3 Å². The lowest BCUT2D eigenvalue weighted by Gasteiger charge is -2.22. The Labute approximate surface area is 118 Å². The SMILES string of the molecule is O=C(CC1CCCNC1)c1ccnn1-c1ccccc1. The molecular formula is C16H19N3O. The van der Waals surface area contributed by atoms with Crippen LogP contribution in [0, 0.1) is 5.92 Å². The number of ketones is 1. The Hall–Kier alpha value is -1.94. The minimum absolute atomic E-state index is 0.181. The van der Waals surface area contributed by atoms with E-state index in [0.717, 1.165) is 31.6 Å². The van der Waals surface area contributed by atoms with Gasteiger partial charge in [-0.3, -0.25) is 4.79 Å². The van der Waals surface area contributed by atoms with Crippen molar-refractivity contribution in [1.82, 2.24) is 15.1 Å². The van der Waals surface area contributed by atoms with Gasteiger partial charge in [-0.25, -0.2) is 4.68 Å². The number of nitrogens with zero attached hydrogens (tertiary/aromatic N) is 2. The molecule has 2 aromatic rings. The first-order chi connectivity index (χ1) is 9.84. The average molecular weight is 269 g/mol. The number of aromatic nitrogens is 2. The zero-order valence-electron chi connectivity index (χ0n) is 11.5. The number of Topliss-reactive ketones (excluding diaryl/α,β-unsaturated/α-hetero) is 1. The van der Waals surface area contributed by atoms with Crippen molar-refractivity contribution in [2.24, 2.45) is 5.92 Å². The molecular weight excluding hydrogens is 250 g/mol. The number of rotatable bonds is 4. The molecule has 1 unspecified atom stereocenters. The zero-order chi connectivity index (χ0) is 13.8. The highest BCUT2D eigenvalue weighted by Crippen LogP contribution is 2.18. The van der Waals surface area contributed by atoms with E-state index >= 15 is 0 Å². The Balaban J connectivity index is 1.77. The molecule has 1 fully saturated rings. The summed E-state index contributed by atoms with van der Waals surface area (Å²) in [5.74, 6) is 0.635. The average Bonchev–Trinajstić information content (AvgIpc) is 2.99. The van der Waals surface area contributed by atoms with E-state index in [9.17, 15) is 4.79 Å². The third-order valence-electron chi connectivity index (χ3n) is 3.80. The number of benzene rings is 1. The van der Waals surface area contributed by atoms with Gasteiger partial charge < -0.3 is 5.32 Å². The third-order valence-corrected chi connectivity index (χ3v) is 3.80. The first-order valence-corrected chi connectivity index (χ1v) is 7.18. The van der Waals surface area contributed by atoms with Gasteiger partial charge in [0.1, 0.15) is 5.69 Å². The number of hydrogen-bond donors (Lipinski definition) is 1. The van der Waals surface area contributed by atoms with Gasteiger partial charge in [-0.05, 0) is 50.0 Å². The molecule has 20 heavy (non-hydrogen) atoms. The van der Waals surface area contributed by atoms with Crippen LogP contribution in [0.5, 0.6) is 0 Å². The van der Waals surface area contributed by atoms with E-state index < -0.39 is 0 Å². The van der Waals surface area contributed by atoms with Crippen LogP contribution in [0.1, 0.15) is 29.8 Å². The lowest BCUT2D eigenvalue weighted by atomic mass is 9.93. The van der Waals surface area contributed by atoms with Crippen LogP contribution in [0.4, 0.5) is 0 Å². The van der Waals surface area contributed by atoms with Crippen molar-refractivity contribution in [3.63, 3.8) is 0 Å². The molecule has 4 nitrogen and oxygen atoms in total. The Kier molecular flexibility index (Phi) is 3.92. The summed E-state index contributed by atoms with van der Waals surface area (Å²) >= 11 is 0.